The molecule has 4 aromatic rings. The van der Waals surface area contributed by atoms with Gasteiger partial charge in [0.2, 0.25) is 0 Å². The number of aromatic nitrogens is 1. The van der Waals surface area contributed by atoms with E-state index in [1.165, 1.54) is 11.1 Å². The zero-order valence-electron chi connectivity index (χ0n) is 13.6. The van der Waals surface area contributed by atoms with Crippen molar-refractivity contribution >= 4 is 22.4 Å². The standard InChI is InChI=1S/C22H18N2/c1-24(22-16-13-19-9-5-6-10-21(19)23-22)20-14-11-18(12-15-20)17-7-3-2-4-8-17/h2-16H,1H3. The van der Waals surface area contributed by atoms with Gasteiger partial charge in [-0.05, 0) is 41.5 Å². The molecule has 1 aromatic heterocycles. The molecular weight excluding hydrogens is 292 g/mol. The summed E-state index contributed by atoms with van der Waals surface area (Å²) in [6.45, 7) is 0. The summed E-state index contributed by atoms with van der Waals surface area (Å²) in [5.41, 5.74) is 4.59. The minimum atomic E-state index is 0.946. The van der Waals surface area contributed by atoms with Crippen LogP contribution < -0.4 is 4.90 Å². The van der Waals surface area contributed by atoms with Crippen molar-refractivity contribution in [2.24, 2.45) is 0 Å². The highest BCUT2D eigenvalue weighted by Gasteiger charge is 2.07. The van der Waals surface area contributed by atoms with Gasteiger partial charge in [0.1, 0.15) is 5.82 Å². The van der Waals surface area contributed by atoms with Crippen LogP contribution in [-0.2, 0) is 0 Å². The Morgan fingerprint density at radius 3 is 2.08 bits per heavy atom. The molecule has 24 heavy (non-hydrogen) atoms. The molecule has 0 saturated heterocycles. The van der Waals surface area contributed by atoms with E-state index in [2.05, 4.69) is 78.7 Å². The molecule has 3 aromatic carbocycles. The first-order chi connectivity index (χ1) is 11.8. The Kier molecular flexibility index (Phi) is 3.72. The fraction of sp³-hybridized carbons (Fsp3) is 0.0455. The number of nitrogens with zero attached hydrogens (tertiary/aromatic N) is 2. The van der Waals surface area contributed by atoms with Crippen molar-refractivity contribution in [3.63, 3.8) is 0 Å². The summed E-state index contributed by atoms with van der Waals surface area (Å²) in [7, 11) is 2.05. The lowest BCUT2D eigenvalue weighted by Crippen LogP contribution is -2.10. The second kappa shape index (κ2) is 6.17. The fourth-order valence-corrected chi connectivity index (χ4v) is 2.88. The summed E-state index contributed by atoms with van der Waals surface area (Å²) < 4.78 is 0. The largest absolute Gasteiger partial charge is 0.329 e. The summed E-state index contributed by atoms with van der Waals surface area (Å²) in [6.07, 6.45) is 0. The monoisotopic (exact) mass is 310 g/mol. The number of anilines is 2. The van der Waals surface area contributed by atoms with Crippen LogP contribution in [-0.4, -0.2) is 12.0 Å². The number of pyridine rings is 1. The zero-order chi connectivity index (χ0) is 16.4. The van der Waals surface area contributed by atoms with Crippen molar-refractivity contribution < 1.29 is 0 Å². The van der Waals surface area contributed by atoms with Gasteiger partial charge in [-0.2, -0.15) is 0 Å². The van der Waals surface area contributed by atoms with Crippen LogP contribution in [0.2, 0.25) is 0 Å². The molecule has 4 rings (SSSR count). The van der Waals surface area contributed by atoms with Crippen LogP contribution in [0.5, 0.6) is 0 Å². The van der Waals surface area contributed by atoms with Gasteiger partial charge in [0, 0.05) is 18.1 Å². The summed E-state index contributed by atoms with van der Waals surface area (Å²) >= 11 is 0. The Morgan fingerprint density at radius 2 is 1.29 bits per heavy atom. The molecule has 2 heteroatoms. The fourth-order valence-electron chi connectivity index (χ4n) is 2.88. The van der Waals surface area contributed by atoms with Crippen LogP contribution in [0.3, 0.4) is 0 Å². The van der Waals surface area contributed by atoms with Crippen LogP contribution in [0.25, 0.3) is 22.0 Å². The molecule has 0 spiro atoms. The van der Waals surface area contributed by atoms with Gasteiger partial charge < -0.3 is 4.90 Å². The van der Waals surface area contributed by atoms with Gasteiger partial charge in [0.15, 0.2) is 0 Å². The number of fused-ring (bicyclic) bond motifs is 1. The third kappa shape index (κ3) is 2.74. The van der Waals surface area contributed by atoms with Crippen molar-refractivity contribution in [2.45, 2.75) is 0 Å². The Hall–Kier alpha value is -3.13. The molecule has 116 valence electrons. The highest BCUT2D eigenvalue weighted by atomic mass is 15.2. The van der Waals surface area contributed by atoms with Gasteiger partial charge >= 0.3 is 0 Å². The van der Waals surface area contributed by atoms with Crippen LogP contribution in [0.1, 0.15) is 0 Å². The average molecular weight is 310 g/mol. The van der Waals surface area contributed by atoms with Crippen molar-refractivity contribution in [3.05, 3.63) is 91.0 Å². The first-order valence-electron chi connectivity index (χ1n) is 8.06. The summed E-state index contributed by atoms with van der Waals surface area (Å²) in [6, 6.07) is 31.4. The predicted molar refractivity (Wildman–Crippen MR) is 102 cm³/mol. The van der Waals surface area contributed by atoms with E-state index in [-0.39, 0.29) is 0 Å². The number of rotatable bonds is 3. The van der Waals surface area contributed by atoms with E-state index < -0.39 is 0 Å². The molecule has 0 fully saturated rings. The minimum Gasteiger partial charge on any atom is -0.329 e. The lowest BCUT2D eigenvalue weighted by Gasteiger charge is -2.19. The second-order valence-corrected chi connectivity index (χ2v) is 5.83. The molecule has 0 unspecified atom stereocenters. The molecule has 0 aliphatic carbocycles. The number of para-hydroxylation sites is 1. The SMILES string of the molecule is CN(c1ccc(-c2ccccc2)cc1)c1ccc2ccccc2n1. The van der Waals surface area contributed by atoms with Crippen LogP contribution in [0, 0.1) is 0 Å². The maximum atomic E-state index is 4.76. The Morgan fingerprint density at radius 1 is 0.625 bits per heavy atom. The third-order valence-corrected chi connectivity index (χ3v) is 4.29. The van der Waals surface area contributed by atoms with Gasteiger partial charge in [0.05, 0.1) is 5.52 Å². The molecule has 0 amide bonds. The molecular formula is C22H18N2. The molecule has 0 aliphatic rings. The molecule has 0 N–H and O–H groups in total. The minimum absolute atomic E-state index is 0.946. The molecule has 2 nitrogen and oxygen atoms in total. The first kappa shape index (κ1) is 14.5. The van der Waals surface area contributed by atoms with E-state index in [9.17, 15) is 0 Å². The summed E-state index contributed by atoms with van der Waals surface area (Å²) in [5, 5.41) is 1.16. The van der Waals surface area contributed by atoms with Crippen molar-refractivity contribution in [3.8, 4) is 11.1 Å². The average Bonchev–Trinajstić information content (AvgIpc) is 2.68. The normalized spacial score (nSPS) is 10.7. The quantitative estimate of drug-likeness (QED) is 0.484. The molecule has 1 heterocycles. The highest BCUT2D eigenvalue weighted by Crippen LogP contribution is 2.27. The van der Waals surface area contributed by atoms with E-state index in [1.807, 2.05) is 24.3 Å². The van der Waals surface area contributed by atoms with E-state index in [0.29, 0.717) is 0 Å². The lowest BCUT2D eigenvalue weighted by molar-refractivity contribution is 1.15. The predicted octanol–water partition coefficient (Wildman–Crippen LogP) is 5.67. The first-order valence-corrected chi connectivity index (χ1v) is 8.06. The smallest absolute Gasteiger partial charge is 0.133 e. The molecule has 0 atom stereocenters. The number of benzene rings is 3. The molecule has 0 saturated carbocycles. The Bertz CT molecular complexity index is 960. The molecule has 0 bridgehead atoms. The van der Waals surface area contributed by atoms with Crippen molar-refractivity contribution in [1.82, 2.24) is 4.98 Å². The van der Waals surface area contributed by atoms with Gasteiger partial charge in [0.25, 0.3) is 0 Å². The Balaban J connectivity index is 1.64. The Labute approximate surface area is 142 Å². The van der Waals surface area contributed by atoms with E-state index in [0.717, 1.165) is 22.4 Å². The van der Waals surface area contributed by atoms with Gasteiger partial charge in [-0.3, -0.25) is 0 Å². The summed E-state index contributed by atoms with van der Waals surface area (Å²) in [4.78, 5) is 6.87. The number of hydrogen-bond donors (Lipinski definition) is 0. The summed E-state index contributed by atoms with van der Waals surface area (Å²) in [5.74, 6) is 0.946. The van der Waals surface area contributed by atoms with E-state index in [4.69, 9.17) is 4.98 Å². The van der Waals surface area contributed by atoms with Gasteiger partial charge in [-0.15, -0.1) is 0 Å². The van der Waals surface area contributed by atoms with E-state index in [1.54, 1.807) is 0 Å². The van der Waals surface area contributed by atoms with Crippen LogP contribution >= 0.6 is 0 Å². The van der Waals surface area contributed by atoms with Gasteiger partial charge in [-0.1, -0.05) is 60.7 Å². The highest BCUT2D eigenvalue weighted by molar-refractivity contribution is 5.81. The third-order valence-electron chi connectivity index (χ3n) is 4.29. The molecule has 0 aliphatic heterocycles. The number of hydrogen-bond acceptors (Lipinski definition) is 2. The second-order valence-electron chi connectivity index (χ2n) is 5.83. The zero-order valence-corrected chi connectivity index (χ0v) is 13.6. The van der Waals surface area contributed by atoms with Crippen LogP contribution in [0.15, 0.2) is 91.0 Å². The maximum Gasteiger partial charge on any atom is 0.133 e. The van der Waals surface area contributed by atoms with Gasteiger partial charge in [-0.25, -0.2) is 4.98 Å². The van der Waals surface area contributed by atoms with Crippen LogP contribution in [0.4, 0.5) is 11.5 Å². The maximum absolute atomic E-state index is 4.76. The van der Waals surface area contributed by atoms with E-state index >= 15 is 0 Å². The molecule has 0 radical (unpaired) electrons. The van der Waals surface area contributed by atoms with Crippen molar-refractivity contribution in [1.29, 1.82) is 0 Å². The topological polar surface area (TPSA) is 16.1 Å². The van der Waals surface area contributed by atoms with Crippen molar-refractivity contribution in [2.75, 3.05) is 11.9 Å². The lowest BCUT2D eigenvalue weighted by atomic mass is 10.1.